The summed E-state index contributed by atoms with van der Waals surface area (Å²) in [7, 11) is 0. The molecule has 0 spiro atoms. The highest BCUT2D eigenvalue weighted by Gasteiger charge is 2.18. The van der Waals surface area contributed by atoms with E-state index in [-0.39, 0.29) is 17.7 Å². The second-order valence-electron chi connectivity index (χ2n) is 6.31. The van der Waals surface area contributed by atoms with Crippen LogP contribution in [0, 0.1) is 5.82 Å². The van der Waals surface area contributed by atoms with Gasteiger partial charge in [-0.2, -0.15) is 0 Å². The van der Waals surface area contributed by atoms with Crippen molar-refractivity contribution in [3.63, 3.8) is 0 Å². The number of hydrogen-bond acceptors (Lipinski definition) is 6. The molecule has 28 heavy (non-hydrogen) atoms. The number of hydrogen-bond donors (Lipinski definition) is 1. The van der Waals surface area contributed by atoms with Crippen LogP contribution in [0.1, 0.15) is 23.2 Å². The third kappa shape index (κ3) is 4.20. The number of anilines is 1. The molecule has 1 N–H and O–H groups in total. The van der Waals surface area contributed by atoms with E-state index in [0.717, 1.165) is 30.1 Å². The van der Waals surface area contributed by atoms with Gasteiger partial charge in [0, 0.05) is 17.3 Å². The molecule has 0 aliphatic carbocycles. The van der Waals surface area contributed by atoms with Crippen LogP contribution in [0.4, 0.5) is 10.1 Å². The van der Waals surface area contributed by atoms with Gasteiger partial charge in [-0.25, -0.2) is 9.07 Å². The quantitative estimate of drug-likeness (QED) is 0.641. The summed E-state index contributed by atoms with van der Waals surface area (Å²) in [6, 6.07) is 11.6. The average molecular weight is 399 g/mol. The van der Waals surface area contributed by atoms with Crippen molar-refractivity contribution in [3.8, 4) is 5.69 Å². The molecule has 2 heterocycles. The van der Waals surface area contributed by atoms with Crippen LogP contribution in [0.3, 0.4) is 0 Å². The molecule has 3 aromatic rings. The number of tetrazole rings is 1. The van der Waals surface area contributed by atoms with Crippen LogP contribution in [0.2, 0.25) is 0 Å². The number of carbonyl (C=O) groups excluding carboxylic acids is 1. The lowest BCUT2D eigenvalue weighted by Gasteiger charge is -2.13. The minimum absolute atomic E-state index is 0.0666. The minimum atomic E-state index is -0.533. The highest BCUT2D eigenvalue weighted by molar-refractivity contribution is 7.99. The number of aromatic nitrogens is 4. The molecule has 0 saturated carbocycles. The topological polar surface area (TPSA) is 81.9 Å². The molecule has 0 bridgehead atoms. The SMILES string of the molecule is O=C(Nc1cc(-n2cnnn2)ccc1F)c1ccccc1SCC1CCCO1. The van der Waals surface area contributed by atoms with Gasteiger partial charge >= 0.3 is 0 Å². The van der Waals surface area contributed by atoms with Crippen LogP contribution in [-0.4, -0.2) is 44.6 Å². The lowest BCUT2D eigenvalue weighted by Crippen LogP contribution is -2.15. The maximum Gasteiger partial charge on any atom is 0.256 e. The van der Waals surface area contributed by atoms with Crippen molar-refractivity contribution in [1.29, 1.82) is 0 Å². The second kappa shape index (κ2) is 8.49. The maximum absolute atomic E-state index is 14.2. The number of benzene rings is 2. The number of nitrogens with one attached hydrogen (secondary N) is 1. The van der Waals surface area contributed by atoms with Crippen molar-refractivity contribution < 1.29 is 13.9 Å². The Bertz CT molecular complexity index is 961. The van der Waals surface area contributed by atoms with Crippen LogP contribution in [0.5, 0.6) is 0 Å². The van der Waals surface area contributed by atoms with Gasteiger partial charge in [0.1, 0.15) is 12.1 Å². The van der Waals surface area contributed by atoms with E-state index in [9.17, 15) is 9.18 Å². The summed E-state index contributed by atoms with van der Waals surface area (Å²) in [6.07, 6.45) is 3.72. The first kappa shape index (κ1) is 18.6. The molecule has 1 atom stereocenters. The molecule has 1 amide bonds. The first-order chi connectivity index (χ1) is 13.7. The summed E-state index contributed by atoms with van der Waals surface area (Å²) in [5, 5.41) is 13.6. The van der Waals surface area contributed by atoms with Gasteiger partial charge in [0.05, 0.1) is 23.0 Å². The van der Waals surface area contributed by atoms with Gasteiger partial charge in [0.15, 0.2) is 0 Å². The fourth-order valence-electron chi connectivity index (χ4n) is 2.96. The molecular formula is C19H18FN5O2S. The normalized spacial score (nSPS) is 16.2. The summed E-state index contributed by atoms with van der Waals surface area (Å²) < 4.78 is 21.3. The number of ether oxygens (including phenoxy) is 1. The number of carbonyl (C=O) groups is 1. The summed E-state index contributed by atoms with van der Waals surface area (Å²) in [6.45, 7) is 0.796. The number of nitrogens with zero attached hydrogens (tertiary/aromatic N) is 4. The Balaban J connectivity index is 1.51. The van der Waals surface area contributed by atoms with E-state index in [4.69, 9.17) is 4.74 Å². The van der Waals surface area contributed by atoms with Crippen LogP contribution in [0.15, 0.2) is 53.7 Å². The highest BCUT2D eigenvalue weighted by Crippen LogP contribution is 2.28. The van der Waals surface area contributed by atoms with Crippen molar-refractivity contribution in [2.45, 2.75) is 23.8 Å². The van der Waals surface area contributed by atoms with E-state index in [0.29, 0.717) is 11.3 Å². The van der Waals surface area contributed by atoms with Crippen LogP contribution >= 0.6 is 11.8 Å². The zero-order valence-corrected chi connectivity index (χ0v) is 15.7. The Morgan fingerprint density at radius 2 is 2.21 bits per heavy atom. The third-order valence-electron chi connectivity index (χ3n) is 4.39. The van der Waals surface area contributed by atoms with Crippen LogP contribution in [-0.2, 0) is 4.74 Å². The number of halogens is 1. The van der Waals surface area contributed by atoms with Crippen molar-refractivity contribution in [2.75, 3.05) is 17.7 Å². The van der Waals surface area contributed by atoms with Crippen molar-refractivity contribution >= 4 is 23.4 Å². The molecule has 1 aliphatic rings. The van der Waals surface area contributed by atoms with E-state index >= 15 is 0 Å². The van der Waals surface area contributed by atoms with E-state index in [1.54, 1.807) is 23.9 Å². The lowest BCUT2D eigenvalue weighted by molar-refractivity contribution is 0.102. The Morgan fingerprint density at radius 3 is 3.00 bits per heavy atom. The fourth-order valence-corrected chi connectivity index (χ4v) is 4.08. The van der Waals surface area contributed by atoms with E-state index < -0.39 is 5.82 Å². The molecular weight excluding hydrogens is 381 g/mol. The highest BCUT2D eigenvalue weighted by atomic mass is 32.2. The number of thioether (sulfide) groups is 1. The van der Waals surface area contributed by atoms with Crippen LogP contribution < -0.4 is 5.32 Å². The summed E-state index contributed by atoms with van der Waals surface area (Å²) >= 11 is 1.58. The van der Waals surface area contributed by atoms with Gasteiger partial charge in [0.25, 0.3) is 5.91 Å². The molecule has 4 rings (SSSR count). The molecule has 9 heteroatoms. The van der Waals surface area contributed by atoms with Gasteiger partial charge in [-0.15, -0.1) is 16.9 Å². The van der Waals surface area contributed by atoms with Gasteiger partial charge in [-0.1, -0.05) is 12.1 Å². The first-order valence-electron chi connectivity index (χ1n) is 8.88. The molecule has 0 radical (unpaired) electrons. The first-order valence-corrected chi connectivity index (χ1v) is 9.87. The third-order valence-corrected chi connectivity index (χ3v) is 5.60. The van der Waals surface area contributed by atoms with Crippen LogP contribution in [0.25, 0.3) is 5.69 Å². The largest absolute Gasteiger partial charge is 0.377 e. The molecule has 1 fully saturated rings. The van der Waals surface area contributed by atoms with Gasteiger partial charge in [-0.05, 0) is 53.6 Å². The molecule has 1 aromatic heterocycles. The second-order valence-corrected chi connectivity index (χ2v) is 7.38. The van der Waals surface area contributed by atoms with Crippen molar-refractivity contribution in [2.24, 2.45) is 0 Å². The lowest BCUT2D eigenvalue weighted by atomic mass is 10.2. The zero-order valence-electron chi connectivity index (χ0n) is 14.9. The molecule has 2 aromatic carbocycles. The zero-order chi connectivity index (χ0) is 19.3. The van der Waals surface area contributed by atoms with E-state index in [1.165, 1.54) is 29.2 Å². The Morgan fingerprint density at radius 1 is 1.32 bits per heavy atom. The molecule has 1 saturated heterocycles. The number of amides is 1. The summed E-state index contributed by atoms with van der Waals surface area (Å²) in [5.41, 5.74) is 1.11. The van der Waals surface area contributed by atoms with Gasteiger partial charge in [-0.3, -0.25) is 4.79 Å². The van der Waals surface area contributed by atoms with Gasteiger partial charge < -0.3 is 10.1 Å². The minimum Gasteiger partial charge on any atom is -0.377 e. The van der Waals surface area contributed by atoms with E-state index in [1.807, 2.05) is 12.1 Å². The predicted octanol–water partition coefficient (Wildman–Crippen LogP) is 3.32. The standard InChI is InChI=1S/C19H18FN5O2S/c20-16-8-7-13(25-12-21-23-24-25)10-17(16)22-19(26)15-5-1-2-6-18(15)28-11-14-4-3-9-27-14/h1-2,5-8,10,12,14H,3-4,9,11H2,(H,22,26). The predicted molar refractivity (Wildman–Crippen MR) is 103 cm³/mol. The van der Waals surface area contributed by atoms with E-state index in [2.05, 4.69) is 20.8 Å². The number of rotatable bonds is 6. The Labute approximate surface area is 165 Å². The molecule has 7 nitrogen and oxygen atoms in total. The maximum atomic E-state index is 14.2. The monoisotopic (exact) mass is 399 g/mol. The average Bonchev–Trinajstić information content (AvgIpc) is 3.42. The molecule has 144 valence electrons. The van der Waals surface area contributed by atoms with Crippen molar-refractivity contribution in [1.82, 2.24) is 20.2 Å². The molecule has 1 unspecified atom stereocenters. The molecule has 1 aliphatic heterocycles. The van der Waals surface area contributed by atoms with Gasteiger partial charge in [0.2, 0.25) is 0 Å². The Hall–Kier alpha value is -2.78. The summed E-state index contributed by atoms with van der Waals surface area (Å²) in [4.78, 5) is 13.7. The summed E-state index contributed by atoms with van der Waals surface area (Å²) in [5.74, 6) is -0.120. The van der Waals surface area contributed by atoms with Crippen molar-refractivity contribution in [3.05, 3.63) is 60.2 Å². The smallest absolute Gasteiger partial charge is 0.256 e. The Kier molecular flexibility index (Phi) is 5.63. The fraction of sp³-hybridized carbons (Fsp3) is 0.263.